The van der Waals surface area contributed by atoms with Crippen LogP contribution in [0.2, 0.25) is 0 Å². The maximum absolute atomic E-state index is 13.7. The van der Waals surface area contributed by atoms with E-state index < -0.39 is 0 Å². The second-order valence-corrected chi connectivity index (χ2v) is 5.76. The first-order valence-electron chi connectivity index (χ1n) is 7.60. The molecular formula is C19H22FNO3. The van der Waals surface area contributed by atoms with Gasteiger partial charge in [0.15, 0.2) is 11.5 Å². The first-order valence-corrected chi connectivity index (χ1v) is 7.60. The van der Waals surface area contributed by atoms with Gasteiger partial charge in [0, 0.05) is 19.2 Å². The molecule has 0 spiro atoms. The molecule has 5 heteroatoms. The number of rotatable bonds is 5. The van der Waals surface area contributed by atoms with E-state index in [4.69, 9.17) is 9.47 Å². The Labute approximate surface area is 141 Å². The lowest BCUT2D eigenvalue weighted by Gasteiger charge is -2.20. The monoisotopic (exact) mass is 331 g/mol. The number of hydrogen-bond acceptors (Lipinski definition) is 3. The highest BCUT2D eigenvalue weighted by Gasteiger charge is 2.16. The first-order chi connectivity index (χ1) is 11.4. The summed E-state index contributed by atoms with van der Waals surface area (Å²) >= 11 is 0. The molecule has 2 aromatic rings. The second-order valence-electron chi connectivity index (χ2n) is 5.76. The number of hydrogen-bond donors (Lipinski definition) is 0. The van der Waals surface area contributed by atoms with Crippen molar-refractivity contribution in [1.29, 1.82) is 0 Å². The molecule has 0 aliphatic heterocycles. The van der Waals surface area contributed by atoms with Crippen LogP contribution in [0.25, 0.3) is 0 Å². The highest BCUT2D eigenvalue weighted by Crippen LogP contribution is 2.30. The first kappa shape index (κ1) is 17.8. The van der Waals surface area contributed by atoms with Crippen LogP contribution >= 0.6 is 0 Å². The lowest BCUT2D eigenvalue weighted by atomic mass is 10.1. The Kier molecular flexibility index (Phi) is 5.44. The third kappa shape index (κ3) is 3.67. The maximum Gasteiger partial charge on any atom is 0.253 e. The van der Waals surface area contributed by atoms with Gasteiger partial charge >= 0.3 is 0 Å². The Morgan fingerprint density at radius 2 is 1.67 bits per heavy atom. The lowest BCUT2D eigenvalue weighted by Crippen LogP contribution is -2.26. The molecule has 2 rings (SSSR count). The smallest absolute Gasteiger partial charge is 0.253 e. The van der Waals surface area contributed by atoms with Gasteiger partial charge in [-0.05, 0) is 54.8 Å². The predicted octanol–water partition coefficient (Wildman–Crippen LogP) is 3.73. The molecule has 0 aliphatic carbocycles. The molecule has 24 heavy (non-hydrogen) atoms. The minimum atomic E-state index is -0.378. The molecule has 1 amide bonds. The quantitative estimate of drug-likeness (QED) is 0.838. The number of nitrogens with zero attached hydrogens (tertiary/aromatic N) is 1. The van der Waals surface area contributed by atoms with E-state index in [-0.39, 0.29) is 11.7 Å². The zero-order chi connectivity index (χ0) is 17.9. The predicted molar refractivity (Wildman–Crippen MR) is 91.2 cm³/mol. The van der Waals surface area contributed by atoms with Crippen LogP contribution in [0.4, 0.5) is 4.39 Å². The molecule has 0 saturated carbocycles. The molecule has 0 aromatic heterocycles. The molecule has 0 saturated heterocycles. The van der Waals surface area contributed by atoms with Crippen molar-refractivity contribution in [3.8, 4) is 11.5 Å². The molecule has 2 aromatic carbocycles. The van der Waals surface area contributed by atoms with Crippen LogP contribution in [-0.4, -0.2) is 32.1 Å². The van der Waals surface area contributed by atoms with E-state index in [1.807, 2.05) is 19.1 Å². The number of benzene rings is 2. The van der Waals surface area contributed by atoms with Crippen LogP contribution < -0.4 is 9.47 Å². The third-order valence-electron chi connectivity index (χ3n) is 4.02. The third-order valence-corrected chi connectivity index (χ3v) is 4.02. The number of carbonyl (C=O) groups is 1. The molecular weight excluding hydrogens is 309 g/mol. The minimum absolute atomic E-state index is 0.233. The fourth-order valence-corrected chi connectivity index (χ4v) is 2.47. The Morgan fingerprint density at radius 3 is 2.25 bits per heavy atom. The topological polar surface area (TPSA) is 38.8 Å². The molecule has 0 heterocycles. The molecule has 0 atom stereocenters. The Balaban J connectivity index is 2.23. The number of amides is 1. The van der Waals surface area contributed by atoms with Crippen LogP contribution in [0.1, 0.15) is 27.0 Å². The van der Waals surface area contributed by atoms with Gasteiger partial charge in [-0.15, -0.1) is 0 Å². The van der Waals surface area contributed by atoms with Crippen molar-refractivity contribution in [2.45, 2.75) is 20.4 Å². The van der Waals surface area contributed by atoms with E-state index in [1.165, 1.54) is 6.07 Å². The van der Waals surface area contributed by atoms with E-state index in [0.29, 0.717) is 29.2 Å². The zero-order valence-corrected chi connectivity index (χ0v) is 14.6. The van der Waals surface area contributed by atoms with Crippen LogP contribution in [-0.2, 0) is 6.54 Å². The number of halogens is 1. The summed E-state index contributed by atoms with van der Waals surface area (Å²) in [5, 5.41) is 0. The molecule has 0 radical (unpaired) electrons. The van der Waals surface area contributed by atoms with Crippen molar-refractivity contribution in [1.82, 2.24) is 4.90 Å². The Hall–Kier alpha value is -2.56. The maximum atomic E-state index is 13.7. The van der Waals surface area contributed by atoms with Gasteiger partial charge in [0.2, 0.25) is 0 Å². The average molecular weight is 331 g/mol. The van der Waals surface area contributed by atoms with E-state index in [0.717, 1.165) is 11.1 Å². The van der Waals surface area contributed by atoms with Crippen LogP contribution in [0.15, 0.2) is 30.3 Å². The van der Waals surface area contributed by atoms with Crippen molar-refractivity contribution in [2.24, 2.45) is 0 Å². The van der Waals surface area contributed by atoms with Crippen LogP contribution in [0.3, 0.4) is 0 Å². The lowest BCUT2D eigenvalue weighted by molar-refractivity contribution is 0.0784. The average Bonchev–Trinajstić information content (AvgIpc) is 2.57. The fourth-order valence-electron chi connectivity index (χ4n) is 2.47. The summed E-state index contributed by atoms with van der Waals surface area (Å²) in [6.07, 6.45) is 0. The van der Waals surface area contributed by atoms with Gasteiger partial charge in [0.1, 0.15) is 5.82 Å². The number of ether oxygens (including phenoxy) is 2. The number of aryl methyl sites for hydroxylation is 2. The van der Waals surface area contributed by atoms with Crippen molar-refractivity contribution in [3.63, 3.8) is 0 Å². The van der Waals surface area contributed by atoms with E-state index in [1.54, 1.807) is 45.2 Å². The molecule has 0 aliphatic rings. The van der Waals surface area contributed by atoms with Gasteiger partial charge in [-0.2, -0.15) is 0 Å². The van der Waals surface area contributed by atoms with E-state index >= 15 is 0 Å². The van der Waals surface area contributed by atoms with Gasteiger partial charge in [-0.1, -0.05) is 6.07 Å². The summed E-state index contributed by atoms with van der Waals surface area (Å²) in [6.45, 7) is 4.00. The highest BCUT2D eigenvalue weighted by atomic mass is 19.1. The van der Waals surface area contributed by atoms with Gasteiger partial charge < -0.3 is 14.4 Å². The summed E-state index contributed by atoms with van der Waals surface area (Å²) < 4.78 is 24.3. The summed E-state index contributed by atoms with van der Waals surface area (Å²) in [5.41, 5.74) is 2.78. The van der Waals surface area contributed by atoms with Crippen LogP contribution in [0, 0.1) is 19.7 Å². The number of methoxy groups -OCH3 is 2. The SMILES string of the molecule is COc1cc(C)c(CN(C)C(=O)c2ccc(C)c(F)c2)cc1OC. The fraction of sp³-hybridized carbons (Fsp3) is 0.316. The van der Waals surface area contributed by atoms with Crippen molar-refractivity contribution >= 4 is 5.91 Å². The van der Waals surface area contributed by atoms with E-state index in [2.05, 4.69) is 0 Å². The van der Waals surface area contributed by atoms with Crippen LogP contribution in [0.5, 0.6) is 11.5 Å². The summed E-state index contributed by atoms with van der Waals surface area (Å²) in [7, 11) is 4.84. The summed E-state index contributed by atoms with van der Waals surface area (Å²) in [4.78, 5) is 14.1. The van der Waals surface area contributed by atoms with Crippen molar-refractivity contribution in [3.05, 3.63) is 58.4 Å². The summed E-state index contributed by atoms with van der Waals surface area (Å²) in [5.74, 6) is 0.647. The molecule has 4 nitrogen and oxygen atoms in total. The molecule has 0 bridgehead atoms. The highest BCUT2D eigenvalue weighted by molar-refractivity contribution is 5.94. The van der Waals surface area contributed by atoms with Gasteiger partial charge in [-0.25, -0.2) is 4.39 Å². The Bertz CT molecular complexity index is 759. The zero-order valence-electron chi connectivity index (χ0n) is 14.6. The van der Waals surface area contributed by atoms with Gasteiger partial charge in [-0.3, -0.25) is 4.79 Å². The van der Waals surface area contributed by atoms with E-state index in [9.17, 15) is 9.18 Å². The minimum Gasteiger partial charge on any atom is -0.493 e. The molecule has 0 unspecified atom stereocenters. The largest absolute Gasteiger partial charge is 0.493 e. The Morgan fingerprint density at radius 1 is 1.04 bits per heavy atom. The second kappa shape index (κ2) is 7.34. The summed E-state index contributed by atoms with van der Waals surface area (Å²) in [6, 6.07) is 8.25. The molecule has 0 fully saturated rings. The van der Waals surface area contributed by atoms with Crippen molar-refractivity contribution in [2.75, 3.05) is 21.3 Å². The van der Waals surface area contributed by atoms with Crippen molar-refractivity contribution < 1.29 is 18.7 Å². The normalized spacial score (nSPS) is 10.4. The van der Waals surface area contributed by atoms with Gasteiger partial charge in [0.05, 0.1) is 14.2 Å². The standard InChI is InChI=1S/C19H22FNO3/c1-12-6-7-14(9-16(12)20)19(22)21(3)11-15-10-18(24-5)17(23-4)8-13(15)2/h6-10H,11H2,1-5H3. The molecule has 0 N–H and O–H groups in total. The number of carbonyl (C=O) groups excluding carboxylic acids is 1. The molecule has 128 valence electrons. The van der Waals surface area contributed by atoms with Gasteiger partial charge in [0.25, 0.3) is 5.91 Å².